The topological polar surface area (TPSA) is 43.4 Å². The lowest BCUT2D eigenvalue weighted by Gasteiger charge is -2.24. The van der Waals surface area contributed by atoms with E-state index in [0.717, 1.165) is 24.0 Å². The Morgan fingerprint density at radius 1 is 1.25 bits per heavy atom. The fourth-order valence-corrected chi connectivity index (χ4v) is 3.15. The molecule has 3 nitrogen and oxygen atoms in total. The lowest BCUT2D eigenvalue weighted by atomic mass is 10.00. The molecule has 0 aromatic heterocycles. The summed E-state index contributed by atoms with van der Waals surface area (Å²) >= 11 is 0. The van der Waals surface area contributed by atoms with Gasteiger partial charge in [-0.15, -0.1) is 6.58 Å². The summed E-state index contributed by atoms with van der Waals surface area (Å²) in [5.41, 5.74) is 1.41. The molecular formula is C16H24O3S. The summed E-state index contributed by atoms with van der Waals surface area (Å²) < 4.78 is 29.8. The first-order valence-corrected chi connectivity index (χ1v) is 8.20. The molecule has 112 valence electrons. The molecule has 0 spiro atoms. The van der Waals surface area contributed by atoms with Crippen molar-refractivity contribution >= 4 is 10.1 Å². The van der Waals surface area contributed by atoms with Crippen LogP contribution in [0.15, 0.2) is 41.3 Å². The summed E-state index contributed by atoms with van der Waals surface area (Å²) in [7, 11) is -3.71. The second kappa shape index (κ2) is 6.55. The highest BCUT2D eigenvalue weighted by Crippen LogP contribution is 2.25. The Hall–Kier alpha value is -1.13. The zero-order valence-corrected chi connectivity index (χ0v) is 13.6. The maximum atomic E-state index is 12.2. The maximum absolute atomic E-state index is 12.2. The van der Waals surface area contributed by atoms with E-state index in [1.165, 1.54) is 0 Å². The van der Waals surface area contributed by atoms with Gasteiger partial charge in [-0.3, -0.25) is 4.18 Å². The molecule has 4 heteroatoms. The summed E-state index contributed by atoms with van der Waals surface area (Å²) in [4.78, 5) is 0.205. The van der Waals surface area contributed by atoms with Crippen LogP contribution in [-0.4, -0.2) is 14.0 Å². The summed E-state index contributed by atoms with van der Waals surface area (Å²) in [5, 5.41) is 0. The molecule has 0 unspecified atom stereocenters. The van der Waals surface area contributed by atoms with E-state index in [0.29, 0.717) is 6.42 Å². The first-order chi connectivity index (χ1) is 9.12. The fourth-order valence-electron chi connectivity index (χ4n) is 1.91. The lowest BCUT2D eigenvalue weighted by Crippen LogP contribution is -2.28. The smallest absolute Gasteiger partial charge is 0.260 e. The average Bonchev–Trinajstić information content (AvgIpc) is 2.26. The van der Waals surface area contributed by atoms with Gasteiger partial charge in [0, 0.05) is 0 Å². The summed E-state index contributed by atoms with van der Waals surface area (Å²) in [6.07, 6.45) is 2.42. The summed E-state index contributed by atoms with van der Waals surface area (Å²) in [6.45, 7) is 11.3. The standard InChI is InChI=1S/C16H24O3S/c1-13(2)7-6-12-16(4,5)19-20(17,18)15-10-8-14(3)9-11-15/h8-11H,1,6-7,12H2,2-5H3. The molecule has 0 N–H and O–H groups in total. The molecule has 0 saturated carbocycles. The molecule has 1 rings (SSSR count). The predicted molar refractivity (Wildman–Crippen MR) is 82.2 cm³/mol. The van der Waals surface area contributed by atoms with Crippen LogP contribution in [0.2, 0.25) is 0 Å². The molecule has 0 saturated heterocycles. The maximum Gasteiger partial charge on any atom is 0.297 e. The van der Waals surface area contributed by atoms with Crippen molar-refractivity contribution < 1.29 is 12.6 Å². The molecule has 20 heavy (non-hydrogen) atoms. The van der Waals surface area contributed by atoms with E-state index in [9.17, 15) is 8.42 Å². The minimum absolute atomic E-state index is 0.205. The van der Waals surface area contributed by atoms with Crippen LogP contribution in [0.5, 0.6) is 0 Å². The molecule has 0 radical (unpaired) electrons. The second-order valence-corrected chi connectivity index (χ2v) is 7.47. The van der Waals surface area contributed by atoms with E-state index in [2.05, 4.69) is 6.58 Å². The van der Waals surface area contributed by atoms with Gasteiger partial charge in [-0.25, -0.2) is 0 Å². The van der Waals surface area contributed by atoms with Crippen molar-refractivity contribution in [2.45, 2.75) is 57.5 Å². The Morgan fingerprint density at radius 3 is 2.30 bits per heavy atom. The highest BCUT2D eigenvalue weighted by Gasteiger charge is 2.27. The minimum atomic E-state index is -3.71. The molecule has 1 aromatic carbocycles. The monoisotopic (exact) mass is 296 g/mol. The van der Waals surface area contributed by atoms with Crippen LogP contribution < -0.4 is 0 Å². The van der Waals surface area contributed by atoms with Crippen molar-refractivity contribution in [3.63, 3.8) is 0 Å². The molecular weight excluding hydrogens is 272 g/mol. The minimum Gasteiger partial charge on any atom is -0.260 e. The molecule has 0 fully saturated rings. The summed E-state index contributed by atoms with van der Waals surface area (Å²) in [6, 6.07) is 6.69. The van der Waals surface area contributed by atoms with Crippen molar-refractivity contribution in [2.75, 3.05) is 0 Å². The molecule has 0 atom stereocenters. The van der Waals surface area contributed by atoms with Gasteiger partial charge in [-0.1, -0.05) is 23.3 Å². The van der Waals surface area contributed by atoms with Crippen molar-refractivity contribution in [2.24, 2.45) is 0 Å². The highest BCUT2D eigenvalue weighted by molar-refractivity contribution is 7.86. The van der Waals surface area contributed by atoms with Crippen LogP contribution in [0.25, 0.3) is 0 Å². The normalized spacial score (nSPS) is 12.4. The van der Waals surface area contributed by atoms with Gasteiger partial charge < -0.3 is 0 Å². The van der Waals surface area contributed by atoms with Gasteiger partial charge in [0.2, 0.25) is 0 Å². The molecule has 0 aliphatic carbocycles. The first kappa shape index (κ1) is 16.9. The van der Waals surface area contributed by atoms with Crippen molar-refractivity contribution in [1.29, 1.82) is 0 Å². The Morgan fingerprint density at radius 2 is 1.80 bits per heavy atom. The van der Waals surface area contributed by atoms with Crippen LogP contribution in [0.3, 0.4) is 0 Å². The van der Waals surface area contributed by atoms with Gasteiger partial charge in [0.1, 0.15) is 0 Å². The Balaban J connectivity index is 2.74. The van der Waals surface area contributed by atoms with E-state index in [1.54, 1.807) is 38.1 Å². The van der Waals surface area contributed by atoms with E-state index < -0.39 is 15.7 Å². The van der Waals surface area contributed by atoms with E-state index in [1.807, 2.05) is 13.8 Å². The largest absolute Gasteiger partial charge is 0.297 e. The molecule has 0 bridgehead atoms. The van der Waals surface area contributed by atoms with Gasteiger partial charge in [0.25, 0.3) is 10.1 Å². The summed E-state index contributed by atoms with van der Waals surface area (Å²) in [5.74, 6) is 0. The first-order valence-electron chi connectivity index (χ1n) is 6.79. The number of benzene rings is 1. The van der Waals surface area contributed by atoms with Crippen LogP contribution in [0.1, 0.15) is 45.6 Å². The number of rotatable bonds is 7. The second-order valence-electron chi connectivity index (χ2n) is 5.92. The van der Waals surface area contributed by atoms with Crippen LogP contribution in [0.4, 0.5) is 0 Å². The number of hydrogen-bond donors (Lipinski definition) is 0. The van der Waals surface area contributed by atoms with Crippen LogP contribution in [-0.2, 0) is 14.3 Å². The predicted octanol–water partition coefficient (Wildman–Crippen LogP) is 4.23. The van der Waals surface area contributed by atoms with Crippen molar-refractivity contribution in [3.05, 3.63) is 42.0 Å². The quantitative estimate of drug-likeness (QED) is 0.559. The fraction of sp³-hybridized carbons (Fsp3) is 0.500. The van der Waals surface area contributed by atoms with Crippen LogP contribution >= 0.6 is 0 Å². The number of hydrogen-bond acceptors (Lipinski definition) is 3. The molecule has 0 aliphatic rings. The molecule has 0 aliphatic heterocycles. The van der Waals surface area contributed by atoms with E-state index in [-0.39, 0.29) is 4.90 Å². The van der Waals surface area contributed by atoms with E-state index >= 15 is 0 Å². The van der Waals surface area contributed by atoms with E-state index in [4.69, 9.17) is 4.18 Å². The van der Waals surface area contributed by atoms with Crippen molar-refractivity contribution in [1.82, 2.24) is 0 Å². The van der Waals surface area contributed by atoms with Gasteiger partial charge in [0.05, 0.1) is 10.5 Å². The number of allylic oxidation sites excluding steroid dienone is 1. The highest BCUT2D eigenvalue weighted by atomic mass is 32.2. The zero-order chi connectivity index (χ0) is 15.4. The van der Waals surface area contributed by atoms with Gasteiger partial charge in [-0.2, -0.15) is 8.42 Å². The average molecular weight is 296 g/mol. The molecule has 0 amide bonds. The molecule has 1 aromatic rings. The van der Waals surface area contributed by atoms with Crippen LogP contribution in [0, 0.1) is 6.92 Å². The number of aryl methyl sites for hydroxylation is 1. The third-order valence-electron chi connectivity index (χ3n) is 3.03. The van der Waals surface area contributed by atoms with Crippen molar-refractivity contribution in [3.8, 4) is 0 Å². The Kier molecular flexibility index (Phi) is 5.54. The Labute approximate surface area is 122 Å². The Bertz CT molecular complexity index is 554. The zero-order valence-electron chi connectivity index (χ0n) is 12.8. The third kappa shape index (κ3) is 5.47. The third-order valence-corrected chi connectivity index (χ3v) is 4.55. The van der Waals surface area contributed by atoms with Gasteiger partial charge in [0.15, 0.2) is 0 Å². The molecule has 0 heterocycles. The lowest BCUT2D eigenvalue weighted by molar-refractivity contribution is 0.105. The van der Waals surface area contributed by atoms with Gasteiger partial charge in [-0.05, 0) is 59.1 Å². The SMILES string of the molecule is C=C(C)CCCC(C)(C)OS(=O)(=O)c1ccc(C)cc1. The van der Waals surface area contributed by atoms with Gasteiger partial charge >= 0.3 is 0 Å².